The summed E-state index contributed by atoms with van der Waals surface area (Å²) >= 11 is 0. The van der Waals surface area contributed by atoms with Crippen molar-refractivity contribution in [1.29, 1.82) is 0 Å². The number of rotatable bonds is 7. The number of amides is 1. The van der Waals surface area contributed by atoms with E-state index in [4.69, 9.17) is 4.74 Å². The van der Waals surface area contributed by atoms with Gasteiger partial charge in [-0.15, -0.1) is 0 Å². The number of nitrogens with one attached hydrogen (secondary N) is 1. The Bertz CT molecular complexity index is 901. The molecule has 1 amide bonds. The summed E-state index contributed by atoms with van der Waals surface area (Å²) in [5.41, 5.74) is 3.66. The Balaban J connectivity index is 1.76. The zero-order valence-electron chi connectivity index (χ0n) is 18.4. The average molecular weight is 409 g/mol. The van der Waals surface area contributed by atoms with Gasteiger partial charge in [0.2, 0.25) is 0 Å². The second kappa shape index (κ2) is 10.0. The Kier molecular flexibility index (Phi) is 7.40. The van der Waals surface area contributed by atoms with Crippen LogP contribution in [-0.4, -0.2) is 55.5 Å². The van der Waals surface area contributed by atoms with Gasteiger partial charge in [-0.05, 0) is 43.0 Å². The van der Waals surface area contributed by atoms with E-state index in [1.165, 1.54) is 0 Å². The van der Waals surface area contributed by atoms with E-state index in [0.717, 1.165) is 37.4 Å². The number of ketones is 1. The van der Waals surface area contributed by atoms with Crippen LogP contribution in [-0.2, 0) is 4.74 Å². The third-order valence-corrected chi connectivity index (χ3v) is 5.94. The number of hydrogen-bond acceptors (Lipinski definition) is 4. The molecule has 0 spiro atoms. The molecule has 0 radical (unpaired) electrons. The summed E-state index contributed by atoms with van der Waals surface area (Å²) in [6.07, 6.45) is 0. The normalized spacial score (nSPS) is 15.8. The van der Waals surface area contributed by atoms with Crippen molar-refractivity contribution >= 4 is 11.7 Å². The summed E-state index contributed by atoms with van der Waals surface area (Å²) in [6, 6.07) is 13.0. The van der Waals surface area contributed by atoms with E-state index >= 15 is 0 Å². The molecule has 0 bridgehead atoms. The molecule has 1 fully saturated rings. The Morgan fingerprint density at radius 2 is 1.67 bits per heavy atom. The maximum Gasteiger partial charge on any atom is 0.252 e. The van der Waals surface area contributed by atoms with E-state index in [1.54, 1.807) is 24.3 Å². The Morgan fingerprint density at radius 3 is 2.30 bits per heavy atom. The first-order chi connectivity index (χ1) is 14.4. The van der Waals surface area contributed by atoms with Crippen molar-refractivity contribution in [2.24, 2.45) is 5.92 Å². The molecular weight excluding hydrogens is 376 g/mol. The van der Waals surface area contributed by atoms with Gasteiger partial charge in [0.05, 0.1) is 18.8 Å². The van der Waals surface area contributed by atoms with Crippen LogP contribution in [0.15, 0.2) is 42.5 Å². The number of carbonyl (C=O) groups is 2. The van der Waals surface area contributed by atoms with E-state index in [2.05, 4.69) is 24.1 Å². The van der Waals surface area contributed by atoms with Crippen LogP contribution in [0.3, 0.4) is 0 Å². The van der Waals surface area contributed by atoms with Crippen LogP contribution in [0, 0.1) is 19.8 Å². The van der Waals surface area contributed by atoms with Crippen LogP contribution < -0.4 is 5.32 Å². The van der Waals surface area contributed by atoms with Crippen LogP contribution in [0.5, 0.6) is 0 Å². The first-order valence-corrected chi connectivity index (χ1v) is 10.7. The molecule has 1 N–H and O–H groups in total. The van der Waals surface area contributed by atoms with Crippen LogP contribution in [0.1, 0.15) is 51.3 Å². The van der Waals surface area contributed by atoms with Crippen molar-refractivity contribution in [2.45, 2.75) is 33.7 Å². The zero-order chi connectivity index (χ0) is 21.7. The van der Waals surface area contributed by atoms with Crippen molar-refractivity contribution < 1.29 is 14.3 Å². The maximum absolute atomic E-state index is 13.1. The molecule has 1 unspecified atom stereocenters. The molecule has 1 aliphatic heterocycles. The van der Waals surface area contributed by atoms with E-state index in [9.17, 15) is 9.59 Å². The summed E-state index contributed by atoms with van der Waals surface area (Å²) in [5, 5.41) is 3.07. The van der Waals surface area contributed by atoms with Gasteiger partial charge >= 0.3 is 0 Å². The Labute approximate surface area is 179 Å². The number of carbonyl (C=O) groups excluding carboxylic acids is 2. The van der Waals surface area contributed by atoms with Crippen molar-refractivity contribution in [3.63, 3.8) is 0 Å². The summed E-state index contributed by atoms with van der Waals surface area (Å²) in [7, 11) is 0. The Morgan fingerprint density at radius 1 is 1.00 bits per heavy atom. The lowest BCUT2D eigenvalue weighted by Crippen LogP contribution is -2.51. The molecule has 0 aliphatic carbocycles. The second-order valence-electron chi connectivity index (χ2n) is 8.34. The zero-order valence-corrected chi connectivity index (χ0v) is 18.4. The topological polar surface area (TPSA) is 58.6 Å². The molecule has 1 heterocycles. The largest absolute Gasteiger partial charge is 0.379 e. The summed E-state index contributed by atoms with van der Waals surface area (Å²) < 4.78 is 5.46. The lowest BCUT2D eigenvalue weighted by Gasteiger charge is -2.37. The number of ether oxygens (including phenoxy) is 1. The van der Waals surface area contributed by atoms with Crippen LogP contribution in [0.25, 0.3) is 0 Å². The van der Waals surface area contributed by atoms with Gasteiger partial charge < -0.3 is 10.1 Å². The van der Waals surface area contributed by atoms with Crippen molar-refractivity contribution in [3.05, 3.63) is 70.3 Å². The fraction of sp³-hybridized carbons (Fsp3) is 0.440. The van der Waals surface area contributed by atoms with Crippen molar-refractivity contribution in [3.8, 4) is 0 Å². The third-order valence-electron chi connectivity index (χ3n) is 5.94. The van der Waals surface area contributed by atoms with E-state index in [1.807, 2.05) is 32.0 Å². The number of aryl methyl sites for hydroxylation is 2. The highest BCUT2D eigenvalue weighted by molar-refractivity contribution is 6.15. The first-order valence-electron chi connectivity index (χ1n) is 10.7. The lowest BCUT2D eigenvalue weighted by molar-refractivity contribution is 0.00672. The van der Waals surface area contributed by atoms with Crippen LogP contribution >= 0.6 is 0 Å². The average Bonchev–Trinajstić information content (AvgIpc) is 2.75. The lowest BCUT2D eigenvalue weighted by atomic mass is 9.95. The smallest absolute Gasteiger partial charge is 0.252 e. The Hall–Kier alpha value is -2.50. The highest BCUT2D eigenvalue weighted by atomic mass is 16.5. The van der Waals surface area contributed by atoms with Crippen molar-refractivity contribution in [1.82, 2.24) is 10.2 Å². The predicted molar refractivity (Wildman–Crippen MR) is 119 cm³/mol. The van der Waals surface area contributed by atoms with Gasteiger partial charge in [-0.1, -0.05) is 44.2 Å². The van der Waals surface area contributed by atoms with Gasteiger partial charge in [-0.25, -0.2) is 0 Å². The molecule has 2 aromatic rings. The molecule has 5 nitrogen and oxygen atoms in total. The third kappa shape index (κ3) is 5.15. The van der Waals surface area contributed by atoms with E-state index in [0.29, 0.717) is 29.2 Å². The first kappa shape index (κ1) is 22.2. The van der Waals surface area contributed by atoms with Gasteiger partial charge in [-0.2, -0.15) is 0 Å². The highest BCUT2D eigenvalue weighted by Crippen LogP contribution is 2.18. The molecule has 0 aromatic heterocycles. The van der Waals surface area contributed by atoms with Crippen molar-refractivity contribution in [2.75, 3.05) is 32.8 Å². The second-order valence-corrected chi connectivity index (χ2v) is 8.34. The SMILES string of the molecule is Cc1ccc(C(=O)c2ccccc2C(=O)NCC(C(C)C)N2CCOCC2)cc1C. The number of nitrogens with zero attached hydrogens (tertiary/aromatic N) is 1. The van der Waals surface area contributed by atoms with Gasteiger partial charge in [0.15, 0.2) is 5.78 Å². The molecule has 3 rings (SSSR count). The van der Waals surface area contributed by atoms with Gasteiger partial charge in [0.1, 0.15) is 0 Å². The summed E-state index contributed by atoms with van der Waals surface area (Å²) in [5.74, 6) is 0.0648. The number of hydrogen-bond donors (Lipinski definition) is 1. The molecule has 2 aromatic carbocycles. The molecule has 1 saturated heterocycles. The maximum atomic E-state index is 13.1. The molecule has 1 atom stereocenters. The quantitative estimate of drug-likeness (QED) is 0.711. The van der Waals surface area contributed by atoms with E-state index < -0.39 is 0 Å². The molecule has 30 heavy (non-hydrogen) atoms. The predicted octanol–water partition coefficient (Wildman–Crippen LogP) is 3.62. The van der Waals surface area contributed by atoms with Gasteiger partial charge in [-0.3, -0.25) is 14.5 Å². The molecule has 1 aliphatic rings. The fourth-order valence-electron chi connectivity index (χ4n) is 3.91. The minimum Gasteiger partial charge on any atom is -0.379 e. The molecular formula is C25H32N2O3. The number of benzene rings is 2. The standard InChI is InChI=1S/C25H32N2O3/c1-17(2)23(27-11-13-30-14-12-27)16-26-25(29)22-8-6-5-7-21(22)24(28)20-10-9-18(3)19(4)15-20/h5-10,15,17,23H,11-14,16H2,1-4H3,(H,26,29). The molecule has 160 valence electrons. The fourth-order valence-corrected chi connectivity index (χ4v) is 3.91. The summed E-state index contributed by atoms with van der Waals surface area (Å²) in [6.45, 7) is 12.1. The summed E-state index contributed by atoms with van der Waals surface area (Å²) in [4.78, 5) is 28.5. The highest BCUT2D eigenvalue weighted by Gasteiger charge is 2.25. The molecule has 5 heteroatoms. The van der Waals surface area contributed by atoms with Crippen LogP contribution in [0.2, 0.25) is 0 Å². The van der Waals surface area contributed by atoms with Gasteiger partial charge in [0, 0.05) is 36.8 Å². The van der Waals surface area contributed by atoms with Crippen LogP contribution in [0.4, 0.5) is 0 Å². The molecule has 0 saturated carbocycles. The minimum absolute atomic E-state index is 0.127. The number of morpholine rings is 1. The monoisotopic (exact) mass is 408 g/mol. The van der Waals surface area contributed by atoms with E-state index in [-0.39, 0.29) is 17.7 Å². The minimum atomic E-state index is -0.207. The van der Waals surface area contributed by atoms with Gasteiger partial charge in [0.25, 0.3) is 5.91 Å².